The van der Waals surface area contributed by atoms with Gasteiger partial charge in [-0.25, -0.2) is 24.1 Å². The van der Waals surface area contributed by atoms with Gasteiger partial charge >= 0.3 is 12.2 Å². The summed E-state index contributed by atoms with van der Waals surface area (Å²) in [6, 6.07) is 6.71. The maximum absolute atomic E-state index is 12.9. The fourth-order valence-corrected chi connectivity index (χ4v) is 5.79. The summed E-state index contributed by atoms with van der Waals surface area (Å²) in [4.78, 5) is 41.1. The maximum Gasteiger partial charge on any atom is 0.412 e. The van der Waals surface area contributed by atoms with Gasteiger partial charge in [-0.3, -0.25) is 5.32 Å². The maximum atomic E-state index is 12.9. The molecule has 44 heavy (non-hydrogen) atoms. The van der Waals surface area contributed by atoms with Gasteiger partial charge in [0.25, 0.3) is 0 Å². The van der Waals surface area contributed by atoms with Gasteiger partial charge in [0.2, 0.25) is 0 Å². The zero-order chi connectivity index (χ0) is 31.5. The Labute approximate surface area is 259 Å². The molecule has 0 spiro atoms. The molecule has 0 radical (unpaired) electrons. The third-order valence-electron chi connectivity index (χ3n) is 7.43. The molecule has 0 aliphatic carbocycles. The van der Waals surface area contributed by atoms with Crippen LogP contribution in [0.4, 0.5) is 26.9 Å². The van der Waals surface area contributed by atoms with Gasteiger partial charge in [0, 0.05) is 59.1 Å². The molecule has 2 amide bonds. The van der Waals surface area contributed by atoms with Gasteiger partial charge in [-0.1, -0.05) is 19.6 Å². The van der Waals surface area contributed by atoms with E-state index in [2.05, 4.69) is 39.9 Å². The highest BCUT2D eigenvalue weighted by Gasteiger charge is 2.27. The number of pyridine rings is 1. The van der Waals surface area contributed by atoms with Crippen molar-refractivity contribution < 1.29 is 23.8 Å². The molecule has 2 aliphatic rings. The molecular weight excluding hydrogens is 580 g/mol. The quantitative estimate of drug-likeness (QED) is 0.374. The third kappa shape index (κ3) is 7.77. The molecule has 5 rings (SSSR count). The van der Waals surface area contributed by atoms with Gasteiger partial charge in [-0.15, -0.1) is 0 Å². The van der Waals surface area contributed by atoms with Crippen molar-refractivity contribution in [2.24, 2.45) is 0 Å². The molecule has 14 heteroatoms. The number of rotatable bonds is 7. The Hall–Kier alpha value is -3.91. The molecule has 5 heterocycles. The molecule has 0 aromatic carbocycles. The number of hydrogen-bond donors (Lipinski definition) is 1. The predicted octanol–water partition coefficient (Wildman–Crippen LogP) is 4.57. The van der Waals surface area contributed by atoms with Gasteiger partial charge in [0.05, 0.1) is 31.7 Å². The van der Waals surface area contributed by atoms with E-state index in [-0.39, 0.29) is 6.09 Å². The highest BCUT2D eigenvalue weighted by Crippen LogP contribution is 2.33. The third-order valence-corrected chi connectivity index (χ3v) is 9.14. The van der Waals surface area contributed by atoms with E-state index < -0.39 is 19.8 Å². The van der Waals surface area contributed by atoms with Gasteiger partial charge in [-0.05, 0) is 45.0 Å². The Kier molecular flexibility index (Phi) is 9.30. The molecule has 0 atom stereocenters. The van der Waals surface area contributed by atoms with E-state index in [1.807, 2.05) is 39.0 Å². The van der Waals surface area contributed by atoms with E-state index in [0.29, 0.717) is 63.2 Å². The van der Waals surface area contributed by atoms with Crippen molar-refractivity contribution in [3.8, 4) is 11.3 Å². The summed E-state index contributed by atoms with van der Waals surface area (Å²) in [7, 11) is -1.36. The summed E-state index contributed by atoms with van der Waals surface area (Å²) in [5.41, 5.74) is 2.38. The van der Waals surface area contributed by atoms with Gasteiger partial charge < -0.3 is 28.9 Å². The smallest absolute Gasteiger partial charge is 0.412 e. The lowest BCUT2D eigenvalue weighted by molar-refractivity contribution is 0.0240. The van der Waals surface area contributed by atoms with Crippen LogP contribution in [0.25, 0.3) is 16.9 Å². The Morgan fingerprint density at radius 2 is 1.73 bits per heavy atom. The lowest BCUT2D eigenvalue weighted by atomic mass is 10.2. The number of anilines is 3. The molecule has 13 nitrogen and oxygen atoms in total. The topological polar surface area (TPSA) is 127 Å². The number of nitrogens with zero attached hydrogens (tertiary/aromatic N) is 7. The van der Waals surface area contributed by atoms with Crippen molar-refractivity contribution in [2.75, 3.05) is 74.2 Å². The molecule has 0 saturated carbocycles. The van der Waals surface area contributed by atoms with Gasteiger partial charge in [-0.2, -0.15) is 5.10 Å². The van der Waals surface area contributed by atoms with E-state index in [0.717, 1.165) is 36.2 Å². The number of carbonyl (C=O) groups excluding carboxylic acids is 2. The largest absolute Gasteiger partial charge is 0.450 e. The van der Waals surface area contributed by atoms with Crippen LogP contribution in [0.3, 0.4) is 0 Å². The van der Waals surface area contributed by atoms with Gasteiger partial charge in [0.15, 0.2) is 11.5 Å². The minimum absolute atomic E-state index is 0.295. The first-order valence-electron chi connectivity index (χ1n) is 15.2. The summed E-state index contributed by atoms with van der Waals surface area (Å²) < 4.78 is 18.4. The average Bonchev–Trinajstić information content (AvgIpc) is 3.34. The normalized spacial score (nSPS) is 16.3. The minimum Gasteiger partial charge on any atom is -0.450 e. The Balaban J connectivity index is 1.38. The highest BCUT2D eigenvalue weighted by molar-refractivity contribution is 6.76. The van der Waals surface area contributed by atoms with Crippen LogP contribution in [0.15, 0.2) is 30.6 Å². The second kappa shape index (κ2) is 13.0. The van der Waals surface area contributed by atoms with Crippen LogP contribution in [-0.2, 0) is 14.2 Å². The van der Waals surface area contributed by atoms with E-state index in [9.17, 15) is 9.59 Å². The second-order valence-electron chi connectivity index (χ2n) is 13.3. The second-order valence-corrected chi connectivity index (χ2v) is 18.9. The van der Waals surface area contributed by atoms with Crippen molar-refractivity contribution in [2.45, 2.75) is 52.1 Å². The number of imidazole rings is 1. The van der Waals surface area contributed by atoms with Crippen LogP contribution < -0.4 is 15.1 Å². The number of carbonyl (C=O) groups is 2. The summed E-state index contributed by atoms with van der Waals surface area (Å²) in [6.07, 6.45) is 2.67. The minimum atomic E-state index is -1.36. The van der Waals surface area contributed by atoms with Crippen molar-refractivity contribution in [1.82, 2.24) is 24.5 Å². The summed E-state index contributed by atoms with van der Waals surface area (Å²) >= 11 is 0. The molecule has 2 fully saturated rings. The van der Waals surface area contributed by atoms with Crippen LogP contribution in [0.5, 0.6) is 0 Å². The molecule has 0 bridgehead atoms. The van der Waals surface area contributed by atoms with Crippen molar-refractivity contribution >= 4 is 43.2 Å². The van der Waals surface area contributed by atoms with Crippen LogP contribution in [0.1, 0.15) is 20.8 Å². The fourth-order valence-electron chi connectivity index (χ4n) is 5.07. The number of amides is 2. The highest BCUT2D eigenvalue weighted by atomic mass is 28.3. The first-order valence-corrected chi connectivity index (χ1v) is 18.9. The molecule has 3 aromatic heterocycles. The van der Waals surface area contributed by atoms with E-state index in [4.69, 9.17) is 24.2 Å². The van der Waals surface area contributed by atoms with Crippen molar-refractivity contribution in [3.63, 3.8) is 0 Å². The van der Waals surface area contributed by atoms with Crippen LogP contribution in [0, 0.1) is 0 Å². The van der Waals surface area contributed by atoms with Crippen molar-refractivity contribution in [3.05, 3.63) is 30.6 Å². The number of piperazine rings is 1. The Bertz CT molecular complexity index is 1450. The number of fused-ring (bicyclic) bond motifs is 1. The average molecular weight is 625 g/mol. The number of nitrogens with one attached hydrogen (secondary N) is 1. The SMILES string of the molecule is CC(C)(C)OC(=O)N1CCN(c2ccc(-c3c(NC(=O)OCC[Si](C)(C)C)nc4c(N5CCOCC5)ccnn34)cn2)CC1. The monoisotopic (exact) mass is 624 g/mol. The number of aromatic nitrogens is 4. The lowest BCUT2D eigenvalue weighted by Crippen LogP contribution is -2.50. The lowest BCUT2D eigenvalue weighted by Gasteiger charge is -2.36. The van der Waals surface area contributed by atoms with E-state index >= 15 is 0 Å². The van der Waals surface area contributed by atoms with E-state index in [1.165, 1.54) is 0 Å². The molecule has 238 valence electrons. The van der Waals surface area contributed by atoms with E-state index in [1.54, 1.807) is 21.8 Å². The first kappa shape index (κ1) is 31.5. The molecule has 2 aliphatic heterocycles. The first-order chi connectivity index (χ1) is 20.9. The Morgan fingerprint density at radius 3 is 2.36 bits per heavy atom. The van der Waals surface area contributed by atoms with Crippen LogP contribution in [0.2, 0.25) is 25.7 Å². The summed E-state index contributed by atoms with van der Waals surface area (Å²) in [5, 5.41) is 7.50. The Morgan fingerprint density at radius 1 is 1.00 bits per heavy atom. The van der Waals surface area contributed by atoms with Crippen molar-refractivity contribution in [1.29, 1.82) is 0 Å². The molecular formula is C30H44N8O5Si. The molecule has 3 aromatic rings. The predicted molar refractivity (Wildman–Crippen MR) is 172 cm³/mol. The molecule has 0 unspecified atom stereocenters. The van der Waals surface area contributed by atoms with Crippen LogP contribution >= 0.6 is 0 Å². The standard InChI is InChI=1S/C30H44N8O5Si/c1-30(2,3)43-29(40)37-13-11-36(12-14-37)24-8-7-22(21-31-24)25-26(34-28(39)42-19-20-44(4,5)6)33-27-23(9-10-32-38(25)27)35-15-17-41-18-16-35/h7-10,21H,11-20H2,1-6H3,(H,34,39). The number of ether oxygens (including phenoxy) is 3. The number of hydrogen-bond acceptors (Lipinski definition) is 10. The zero-order valence-corrected chi connectivity index (χ0v) is 27.6. The summed E-state index contributed by atoms with van der Waals surface area (Å²) in [5.74, 6) is 1.16. The summed E-state index contributed by atoms with van der Waals surface area (Å²) in [6.45, 7) is 17.8. The molecule has 2 saturated heterocycles. The zero-order valence-electron chi connectivity index (χ0n) is 26.6. The fraction of sp³-hybridized carbons (Fsp3) is 0.567. The number of morpholine rings is 1. The van der Waals surface area contributed by atoms with Gasteiger partial charge in [0.1, 0.15) is 17.1 Å². The van der Waals surface area contributed by atoms with Crippen LogP contribution in [-0.4, -0.2) is 109 Å². The molecule has 1 N–H and O–H groups in total.